The number of hydrogen-bond acceptors (Lipinski definition) is 3. The van der Waals surface area contributed by atoms with E-state index in [0.717, 1.165) is 50.3 Å². The summed E-state index contributed by atoms with van der Waals surface area (Å²) < 4.78 is 14.0. The lowest BCUT2D eigenvalue weighted by atomic mass is 9.96. The SMILES string of the molecule is Fc1cc2c(nc1N1CCNCC1)CCCC2. The number of pyridine rings is 1. The molecule has 0 bridgehead atoms. The van der Waals surface area contributed by atoms with Gasteiger partial charge in [0.25, 0.3) is 0 Å². The molecule has 0 amide bonds. The number of halogens is 1. The molecule has 2 heterocycles. The van der Waals surface area contributed by atoms with Crippen LogP contribution in [0.15, 0.2) is 6.07 Å². The average molecular weight is 235 g/mol. The molecule has 1 saturated heterocycles. The van der Waals surface area contributed by atoms with E-state index in [4.69, 9.17) is 0 Å². The zero-order valence-electron chi connectivity index (χ0n) is 10.0. The molecule has 0 unspecified atom stereocenters. The Kier molecular flexibility index (Phi) is 2.97. The molecule has 1 fully saturated rings. The van der Waals surface area contributed by atoms with Gasteiger partial charge in [0.1, 0.15) is 0 Å². The van der Waals surface area contributed by atoms with E-state index in [9.17, 15) is 4.39 Å². The van der Waals surface area contributed by atoms with Crippen molar-refractivity contribution in [1.29, 1.82) is 0 Å². The molecule has 3 nitrogen and oxygen atoms in total. The van der Waals surface area contributed by atoms with E-state index in [1.165, 1.54) is 12.8 Å². The molecule has 4 heteroatoms. The summed E-state index contributed by atoms with van der Waals surface area (Å²) in [6.07, 6.45) is 4.35. The van der Waals surface area contributed by atoms with E-state index in [1.807, 2.05) is 0 Å². The fourth-order valence-electron chi connectivity index (χ4n) is 2.69. The number of piperazine rings is 1. The normalized spacial score (nSPS) is 20.2. The first-order valence-electron chi connectivity index (χ1n) is 6.48. The van der Waals surface area contributed by atoms with Crippen LogP contribution in [0.25, 0.3) is 0 Å². The second-order valence-electron chi connectivity index (χ2n) is 4.84. The van der Waals surface area contributed by atoms with E-state index < -0.39 is 0 Å². The molecule has 1 aliphatic carbocycles. The molecule has 0 aromatic carbocycles. The Morgan fingerprint density at radius 3 is 2.76 bits per heavy atom. The van der Waals surface area contributed by atoms with Crippen molar-refractivity contribution < 1.29 is 4.39 Å². The highest BCUT2D eigenvalue weighted by Gasteiger charge is 2.20. The van der Waals surface area contributed by atoms with E-state index in [0.29, 0.717) is 5.82 Å². The van der Waals surface area contributed by atoms with Crippen LogP contribution in [-0.4, -0.2) is 31.2 Å². The lowest BCUT2D eigenvalue weighted by Gasteiger charge is -2.29. The van der Waals surface area contributed by atoms with Crippen LogP contribution in [0.2, 0.25) is 0 Å². The number of rotatable bonds is 1. The molecule has 1 aliphatic heterocycles. The molecular weight excluding hydrogens is 217 g/mol. The minimum absolute atomic E-state index is 0.146. The Bertz CT molecular complexity index is 413. The van der Waals surface area contributed by atoms with Crippen molar-refractivity contribution in [2.75, 3.05) is 31.1 Å². The molecule has 0 spiro atoms. The smallest absolute Gasteiger partial charge is 0.165 e. The van der Waals surface area contributed by atoms with Crippen LogP contribution in [0.1, 0.15) is 24.1 Å². The Morgan fingerprint density at radius 2 is 1.94 bits per heavy atom. The maximum atomic E-state index is 14.0. The van der Waals surface area contributed by atoms with Crippen LogP contribution in [0, 0.1) is 5.82 Å². The van der Waals surface area contributed by atoms with Crippen molar-refractivity contribution in [1.82, 2.24) is 10.3 Å². The molecule has 0 saturated carbocycles. The number of fused-ring (bicyclic) bond motifs is 1. The predicted molar refractivity (Wildman–Crippen MR) is 65.9 cm³/mol. The summed E-state index contributed by atoms with van der Waals surface area (Å²) in [5.41, 5.74) is 2.24. The highest BCUT2D eigenvalue weighted by atomic mass is 19.1. The van der Waals surface area contributed by atoms with Crippen LogP contribution >= 0.6 is 0 Å². The first-order chi connectivity index (χ1) is 8.34. The van der Waals surface area contributed by atoms with E-state index in [-0.39, 0.29) is 5.82 Å². The lowest BCUT2D eigenvalue weighted by Crippen LogP contribution is -2.44. The Hall–Kier alpha value is -1.16. The number of hydrogen-bond donors (Lipinski definition) is 1. The molecule has 3 rings (SSSR count). The number of anilines is 1. The van der Waals surface area contributed by atoms with Gasteiger partial charge in [0, 0.05) is 31.9 Å². The third-order valence-corrected chi connectivity index (χ3v) is 3.65. The highest BCUT2D eigenvalue weighted by Crippen LogP contribution is 2.25. The predicted octanol–water partition coefficient (Wildman–Crippen LogP) is 1.51. The first kappa shape index (κ1) is 11.0. The van der Waals surface area contributed by atoms with Crippen molar-refractivity contribution in [2.24, 2.45) is 0 Å². The van der Waals surface area contributed by atoms with Gasteiger partial charge in [-0.1, -0.05) is 0 Å². The van der Waals surface area contributed by atoms with Gasteiger partial charge in [0.2, 0.25) is 0 Å². The van der Waals surface area contributed by atoms with Gasteiger partial charge in [-0.05, 0) is 37.3 Å². The molecule has 2 aliphatic rings. The van der Waals surface area contributed by atoms with Gasteiger partial charge in [-0.2, -0.15) is 0 Å². The Labute approximate surface area is 101 Å². The van der Waals surface area contributed by atoms with Gasteiger partial charge < -0.3 is 10.2 Å². The summed E-state index contributed by atoms with van der Waals surface area (Å²) >= 11 is 0. The Balaban J connectivity index is 1.93. The van der Waals surface area contributed by atoms with Crippen molar-refractivity contribution in [3.05, 3.63) is 23.1 Å². The number of aryl methyl sites for hydroxylation is 2. The molecule has 92 valence electrons. The minimum Gasteiger partial charge on any atom is -0.352 e. The van der Waals surface area contributed by atoms with Gasteiger partial charge in [0.15, 0.2) is 11.6 Å². The first-order valence-corrected chi connectivity index (χ1v) is 6.48. The molecule has 17 heavy (non-hydrogen) atoms. The second kappa shape index (κ2) is 4.61. The largest absolute Gasteiger partial charge is 0.352 e. The van der Waals surface area contributed by atoms with Crippen molar-refractivity contribution >= 4 is 5.82 Å². The van der Waals surface area contributed by atoms with Crippen LogP contribution in [-0.2, 0) is 12.8 Å². The van der Waals surface area contributed by atoms with Gasteiger partial charge in [0.05, 0.1) is 0 Å². The summed E-state index contributed by atoms with van der Waals surface area (Å²) in [6, 6.07) is 1.71. The van der Waals surface area contributed by atoms with Crippen LogP contribution in [0.3, 0.4) is 0 Å². The quantitative estimate of drug-likeness (QED) is 0.799. The molecule has 1 N–H and O–H groups in total. The average Bonchev–Trinajstić information content (AvgIpc) is 2.39. The number of aromatic nitrogens is 1. The van der Waals surface area contributed by atoms with Gasteiger partial charge in [-0.15, -0.1) is 0 Å². The standard InChI is InChI=1S/C13H18FN3/c14-11-9-10-3-1-2-4-12(10)16-13(11)17-7-5-15-6-8-17/h9,15H,1-8H2. The zero-order valence-corrected chi connectivity index (χ0v) is 10.0. The summed E-state index contributed by atoms with van der Waals surface area (Å²) in [5, 5.41) is 3.27. The molecule has 0 radical (unpaired) electrons. The Morgan fingerprint density at radius 1 is 1.18 bits per heavy atom. The second-order valence-corrected chi connectivity index (χ2v) is 4.84. The highest BCUT2D eigenvalue weighted by molar-refractivity contribution is 5.44. The van der Waals surface area contributed by atoms with Crippen LogP contribution in [0.4, 0.5) is 10.2 Å². The third-order valence-electron chi connectivity index (χ3n) is 3.65. The topological polar surface area (TPSA) is 28.2 Å². The number of nitrogens with one attached hydrogen (secondary N) is 1. The summed E-state index contributed by atoms with van der Waals surface area (Å²) in [6.45, 7) is 3.53. The van der Waals surface area contributed by atoms with Crippen molar-refractivity contribution in [2.45, 2.75) is 25.7 Å². The number of nitrogens with zero attached hydrogens (tertiary/aromatic N) is 2. The van der Waals surface area contributed by atoms with Gasteiger partial charge >= 0.3 is 0 Å². The van der Waals surface area contributed by atoms with Crippen molar-refractivity contribution in [3.8, 4) is 0 Å². The maximum Gasteiger partial charge on any atom is 0.165 e. The fraction of sp³-hybridized carbons (Fsp3) is 0.615. The summed E-state index contributed by atoms with van der Waals surface area (Å²) in [7, 11) is 0. The van der Waals surface area contributed by atoms with E-state index in [2.05, 4.69) is 15.2 Å². The van der Waals surface area contributed by atoms with Crippen molar-refractivity contribution in [3.63, 3.8) is 0 Å². The maximum absolute atomic E-state index is 14.0. The van der Waals surface area contributed by atoms with Crippen LogP contribution < -0.4 is 10.2 Å². The molecule has 1 aromatic heterocycles. The van der Waals surface area contributed by atoms with Gasteiger partial charge in [-0.25, -0.2) is 9.37 Å². The summed E-state index contributed by atoms with van der Waals surface area (Å²) in [5.74, 6) is 0.416. The lowest BCUT2D eigenvalue weighted by molar-refractivity contribution is 0.551. The van der Waals surface area contributed by atoms with Gasteiger partial charge in [-0.3, -0.25) is 0 Å². The van der Waals surface area contributed by atoms with E-state index in [1.54, 1.807) is 6.07 Å². The monoisotopic (exact) mass is 235 g/mol. The molecule has 0 atom stereocenters. The summed E-state index contributed by atoms with van der Waals surface area (Å²) in [4.78, 5) is 6.62. The molecular formula is C13H18FN3. The zero-order chi connectivity index (χ0) is 11.7. The van der Waals surface area contributed by atoms with E-state index >= 15 is 0 Å². The van der Waals surface area contributed by atoms with Crippen LogP contribution in [0.5, 0.6) is 0 Å². The third kappa shape index (κ3) is 2.14. The molecule has 1 aromatic rings. The minimum atomic E-state index is -0.146. The fourth-order valence-corrected chi connectivity index (χ4v) is 2.69.